The van der Waals surface area contributed by atoms with Gasteiger partial charge in [0.15, 0.2) is 0 Å². The highest BCUT2D eigenvalue weighted by Gasteiger charge is 2.34. The van der Waals surface area contributed by atoms with Gasteiger partial charge in [0.1, 0.15) is 18.3 Å². The Labute approximate surface area is 198 Å². The number of hydrogen-bond acceptors (Lipinski definition) is 6. The molecule has 1 unspecified atom stereocenters. The first-order valence-electron chi connectivity index (χ1n) is 12.4. The number of nitrogens with one attached hydrogen (secondary N) is 2. The summed E-state index contributed by atoms with van der Waals surface area (Å²) in [7, 11) is 0. The van der Waals surface area contributed by atoms with Crippen LogP contribution < -0.4 is 5.43 Å². The van der Waals surface area contributed by atoms with Gasteiger partial charge in [-0.25, -0.2) is 15.4 Å². The summed E-state index contributed by atoms with van der Waals surface area (Å²) < 4.78 is 0. The summed E-state index contributed by atoms with van der Waals surface area (Å²) in [6.45, 7) is 6.01. The molecule has 9 nitrogen and oxygen atoms in total. The molecule has 1 aromatic rings. The lowest BCUT2D eigenvalue weighted by Gasteiger charge is -2.36. The number of nitrogens with zero attached hydrogens (tertiary/aromatic N) is 2. The van der Waals surface area contributed by atoms with Crippen molar-refractivity contribution in [2.75, 3.05) is 0 Å². The zero-order chi connectivity index (χ0) is 24.6. The Morgan fingerprint density at radius 1 is 1.03 bits per heavy atom. The highest BCUT2D eigenvalue weighted by Crippen LogP contribution is 2.18. The molecular formula is C24H44N4O5. The van der Waals surface area contributed by atoms with E-state index < -0.39 is 30.3 Å². The molecule has 0 saturated heterocycles. The van der Waals surface area contributed by atoms with Crippen molar-refractivity contribution >= 4 is 11.9 Å². The lowest BCUT2D eigenvalue weighted by molar-refractivity contribution is -0.160. The van der Waals surface area contributed by atoms with Crippen LogP contribution in [0.3, 0.4) is 0 Å². The molecule has 1 heterocycles. The van der Waals surface area contributed by atoms with E-state index >= 15 is 0 Å². The molecule has 3 atom stereocenters. The van der Waals surface area contributed by atoms with Crippen LogP contribution in [-0.2, 0) is 16.0 Å². The number of aliphatic hydroxyl groups is 1. The molecule has 0 fully saturated rings. The largest absolute Gasteiger partial charge is 0.480 e. The number of aromatic amines is 1. The molecule has 33 heavy (non-hydrogen) atoms. The number of carboxylic acid groups (broad SMARTS) is 2. The van der Waals surface area contributed by atoms with E-state index in [0.29, 0.717) is 12.1 Å². The van der Waals surface area contributed by atoms with Crippen LogP contribution in [0.2, 0.25) is 0 Å². The number of unbranched alkanes of at least 4 members (excludes halogenated alkanes) is 8. The van der Waals surface area contributed by atoms with Gasteiger partial charge in [-0.05, 0) is 25.2 Å². The summed E-state index contributed by atoms with van der Waals surface area (Å²) in [6.07, 6.45) is 12.9. The summed E-state index contributed by atoms with van der Waals surface area (Å²) in [5.74, 6) is -2.15. The monoisotopic (exact) mass is 468 g/mol. The first-order valence-corrected chi connectivity index (χ1v) is 12.4. The lowest BCUT2D eigenvalue weighted by atomic mass is 10.0. The maximum Gasteiger partial charge on any atom is 0.322 e. The molecular weight excluding hydrogens is 424 g/mol. The van der Waals surface area contributed by atoms with Gasteiger partial charge in [-0.1, -0.05) is 72.1 Å². The third kappa shape index (κ3) is 12.2. The van der Waals surface area contributed by atoms with Crippen LogP contribution in [0.25, 0.3) is 0 Å². The highest BCUT2D eigenvalue weighted by molar-refractivity contribution is 5.75. The number of aromatic nitrogens is 2. The van der Waals surface area contributed by atoms with Crippen LogP contribution in [0.5, 0.6) is 0 Å². The third-order valence-corrected chi connectivity index (χ3v) is 5.78. The van der Waals surface area contributed by atoms with E-state index in [-0.39, 0.29) is 18.8 Å². The quantitative estimate of drug-likeness (QED) is 0.110. The van der Waals surface area contributed by atoms with E-state index in [9.17, 15) is 24.9 Å². The van der Waals surface area contributed by atoms with Gasteiger partial charge >= 0.3 is 11.9 Å². The van der Waals surface area contributed by atoms with Crippen LogP contribution in [0.4, 0.5) is 0 Å². The van der Waals surface area contributed by atoms with E-state index in [4.69, 9.17) is 0 Å². The van der Waals surface area contributed by atoms with Crippen molar-refractivity contribution in [3.63, 3.8) is 0 Å². The first-order chi connectivity index (χ1) is 15.8. The molecule has 1 rings (SSSR count). The fraction of sp³-hybridized carbons (Fsp3) is 0.792. The maximum atomic E-state index is 12.0. The minimum atomic E-state index is -1.13. The van der Waals surface area contributed by atoms with E-state index in [2.05, 4.69) is 22.3 Å². The predicted octanol–water partition coefficient (Wildman–Crippen LogP) is 3.95. The normalized spacial score (nSPS) is 14.5. The molecule has 0 aromatic carbocycles. The maximum absolute atomic E-state index is 12.0. The Balaban J connectivity index is 2.72. The number of imidazole rings is 1. The number of carboxylic acids is 2. The summed E-state index contributed by atoms with van der Waals surface area (Å²) in [5, 5.41) is 31.6. The van der Waals surface area contributed by atoms with Crippen LogP contribution in [-0.4, -0.2) is 60.5 Å². The summed E-state index contributed by atoms with van der Waals surface area (Å²) in [4.78, 5) is 30.7. The average molecular weight is 469 g/mol. The standard InChI is InChI=1S/C24H44N4O5/c1-4-5-6-7-8-9-10-11-12-13-22(29)28(21(24(32)33)14-18(2)3)27-20(23(30)31)15-19-16-25-17-26-19/h16-18,20-22,27,29H,4-15H2,1-3H3,(H,25,26)(H,30,31)(H,32,33)/t20-,21-,22?/m0/s1. The van der Waals surface area contributed by atoms with Crippen LogP contribution in [0.15, 0.2) is 12.5 Å². The minimum Gasteiger partial charge on any atom is -0.480 e. The zero-order valence-corrected chi connectivity index (χ0v) is 20.5. The molecule has 0 aliphatic heterocycles. The molecule has 0 radical (unpaired) electrons. The van der Waals surface area contributed by atoms with Gasteiger partial charge in [0.2, 0.25) is 0 Å². The number of hydrazine groups is 1. The summed E-state index contributed by atoms with van der Waals surface area (Å²) >= 11 is 0. The molecule has 0 aliphatic carbocycles. The van der Waals surface area contributed by atoms with Crippen molar-refractivity contribution in [1.29, 1.82) is 0 Å². The average Bonchev–Trinajstić information content (AvgIpc) is 3.26. The van der Waals surface area contributed by atoms with E-state index in [1.54, 1.807) is 0 Å². The molecule has 0 amide bonds. The number of H-pyrrole nitrogens is 1. The van der Waals surface area contributed by atoms with Gasteiger partial charge in [-0.2, -0.15) is 0 Å². The van der Waals surface area contributed by atoms with Crippen molar-refractivity contribution < 1.29 is 24.9 Å². The molecule has 1 aromatic heterocycles. The van der Waals surface area contributed by atoms with Crippen LogP contribution in [0.1, 0.15) is 97.1 Å². The molecule has 0 aliphatic rings. The molecule has 0 bridgehead atoms. The molecule has 9 heteroatoms. The zero-order valence-electron chi connectivity index (χ0n) is 20.5. The number of carbonyl (C=O) groups is 2. The van der Waals surface area contributed by atoms with Gasteiger partial charge in [0, 0.05) is 18.3 Å². The number of rotatable bonds is 20. The Hall–Kier alpha value is -1.97. The van der Waals surface area contributed by atoms with Gasteiger partial charge in [0.25, 0.3) is 0 Å². The predicted molar refractivity (Wildman–Crippen MR) is 127 cm³/mol. The van der Waals surface area contributed by atoms with Gasteiger partial charge in [-0.15, -0.1) is 0 Å². The Morgan fingerprint density at radius 2 is 1.64 bits per heavy atom. The molecule has 5 N–H and O–H groups in total. The second-order valence-corrected chi connectivity index (χ2v) is 9.29. The topological polar surface area (TPSA) is 139 Å². The van der Waals surface area contributed by atoms with Crippen molar-refractivity contribution in [3.05, 3.63) is 18.2 Å². The van der Waals surface area contributed by atoms with E-state index in [1.807, 2.05) is 13.8 Å². The number of aliphatic carboxylic acids is 2. The third-order valence-electron chi connectivity index (χ3n) is 5.78. The van der Waals surface area contributed by atoms with E-state index in [0.717, 1.165) is 25.7 Å². The number of hydrogen-bond donors (Lipinski definition) is 5. The minimum absolute atomic E-state index is 0.0613. The van der Waals surface area contributed by atoms with Crippen molar-refractivity contribution in [3.8, 4) is 0 Å². The van der Waals surface area contributed by atoms with Gasteiger partial charge < -0.3 is 20.3 Å². The molecule has 190 valence electrons. The van der Waals surface area contributed by atoms with Crippen molar-refractivity contribution in [2.45, 2.75) is 116 Å². The Bertz CT molecular complexity index is 653. The Morgan fingerprint density at radius 3 is 2.12 bits per heavy atom. The SMILES string of the molecule is CCCCCCCCCCCC(O)N(N[C@@H](Cc1cnc[nH]1)C(=O)O)[C@@H](CC(C)C)C(=O)O. The lowest BCUT2D eigenvalue weighted by Crippen LogP contribution is -2.60. The van der Waals surface area contributed by atoms with E-state index in [1.165, 1.54) is 49.6 Å². The smallest absolute Gasteiger partial charge is 0.322 e. The first kappa shape index (κ1) is 29.1. The fourth-order valence-electron chi connectivity index (χ4n) is 3.92. The number of aliphatic hydroxyl groups excluding tert-OH is 1. The van der Waals surface area contributed by atoms with Crippen molar-refractivity contribution in [1.82, 2.24) is 20.4 Å². The molecule has 0 saturated carbocycles. The highest BCUT2D eigenvalue weighted by atomic mass is 16.4. The second-order valence-electron chi connectivity index (χ2n) is 9.29. The second kappa shape index (κ2) is 16.6. The van der Waals surface area contributed by atoms with Crippen LogP contribution in [0, 0.1) is 5.92 Å². The van der Waals surface area contributed by atoms with Crippen LogP contribution >= 0.6 is 0 Å². The van der Waals surface area contributed by atoms with Gasteiger partial charge in [-0.3, -0.25) is 9.59 Å². The summed E-state index contributed by atoms with van der Waals surface area (Å²) in [6, 6.07) is -2.14. The Kier molecular flexibility index (Phi) is 14.6. The summed E-state index contributed by atoms with van der Waals surface area (Å²) in [5.41, 5.74) is 3.42. The van der Waals surface area contributed by atoms with Gasteiger partial charge in [0.05, 0.1) is 6.33 Å². The van der Waals surface area contributed by atoms with Crippen molar-refractivity contribution in [2.24, 2.45) is 5.92 Å². The fourth-order valence-corrected chi connectivity index (χ4v) is 3.92. The molecule has 0 spiro atoms.